The summed E-state index contributed by atoms with van der Waals surface area (Å²) in [6.45, 7) is 9.57. The minimum absolute atomic E-state index is 0.0118. The van der Waals surface area contributed by atoms with E-state index in [1.807, 2.05) is 30.5 Å². The van der Waals surface area contributed by atoms with Crippen molar-refractivity contribution in [1.82, 2.24) is 9.55 Å². The molecule has 0 fully saturated rings. The second-order valence-corrected chi connectivity index (χ2v) is 17.3. The summed E-state index contributed by atoms with van der Waals surface area (Å²) in [5.74, 6) is 0.929. The number of aromatic nitrogens is 2. The molecule has 4 aromatic carbocycles. The van der Waals surface area contributed by atoms with Gasteiger partial charge in [-0.05, 0) is 59.5 Å². The Kier molecular flexibility index (Phi) is 5.31. The smallest absolute Gasteiger partial charge is 0.137 e. The highest BCUT2D eigenvalue weighted by Gasteiger charge is 2.30. The average Bonchev–Trinajstić information content (AvgIpc) is 3.57. The molecule has 0 unspecified atom stereocenters. The van der Waals surface area contributed by atoms with Crippen LogP contribution in [0.4, 0.5) is 17.1 Å². The summed E-state index contributed by atoms with van der Waals surface area (Å²) in [6.07, 6.45) is 1.93. The number of benzene rings is 4. The summed E-state index contributed by atoms with van der Waals surface area (Å²) < 4.78 is 26.7. The number of para-hydroxylation sites is 3. The predicted octanol–water partition coefficient (Wildman–Crippen LogP) is 7.84. The normalized spacial score (nSPS) is 15.1. The second-order valence-electron chi connectivity index (χ2n) is 12.9. The number of fused-ring (bicyclic) bond motifs is 4. The third-order valence-electron chi connectivity index (χ3n) is 8.86. The van der Waals surface area contributed by atoms with Gasteiger partial charge in [0.15, 0.2) is 0 Å². The van der Waals surface area contributed by atoms with E-state index in [0.29, 0.717) is 0 Å². The maximum atomic E-state index is 8.13. The Balaban J connectivity index is 1.34. The lowest BCUT2D eigenvalue weighted by Crippen LogP contribution is -2.53. The van der Waals surface area contributed by atoms with Gasteiger partial charge >= 0.3 is 0 Å². The molecular formula is C37H38N4Si. The van der Waals surface area contributed by atoms with E-state index in [1.165, 1.54) is 31.6 Å². The molecule has 4 nitrogen and oxygen atoms in total. The molecule has 0 atom stereocenters. The first-order valence-corrected chi connectivity index (χ1v) is 17.6. The molecule has 7 rings (SSSR count). The minimum atomic E-state index is -2.22. The first kappa shape index (κ1) is 23.2. The van der Waals surface area contributed by atoms with Crippen LogP contribution in [0.2, 0.25) is 13.1 Å². The maximum absolute atomic E-state index is 8.13. The third kappa shape index (κ3) is 4.22. The van der Waals surface area contributed by atoms with Crippen LogP contribution >= 0.6 is 0 Å². The summed E-state index contributed by atoms with van der Waals surface area (Å²) in [4.78, 5) is 8.49. The van der Waals surface area contributed by atoms with Gasteiger partial charge in [0.1, 0.15) is 13.9 Å². The van der Waals surface area contributed by atoms with Crippen molar-refractivity contribution in [2.24, 2.45) is 0 Å². The van der Waals surface area contributed by atoms with E-state index in [0.717, 1.165) is 33.9 Å². The quantitative estimate of drug-likeness (QED) is 0.202. The van der Waals surface area contributed by atoms with Crippen LogP contribution in [0, 0.1) is 0 Å². The van der Waals surface area contributed by atoms with Gasteiger partial charge in [0, 0.05) is 33.7 Å². The number of pyridine rings is 1. The van der Waals surface area contributed by atoms with Crippen molar-refractivity contribution < 1.29 is 4.11 Å². The van der Waals surface area contributed by atoms with Crippen molar-refractivity contribution in [1.29, 1.82) is 0 Å². The van der Waals surface area contributed by atoms with Crippen LogP contribution in [0.3, 0.4) is 0 Å². The SMILES string of the molecule is [2H]C([2H])([2H])N1CN(c2cccc([Si](C)(C)c3ccc4c5ccccc5n(-c5cc(C(C)(C)C)ccn5)c4c3)c2)c2ccccc21. The fourth-order valence-corrected chi connectivity index (χ4v) is 8.63. The Labute approximate surface area is 254 Å². The lowest BCUT2D eigenvalue weighted by Gasteiger charge is -2.27. The molecule has 0 bridgehead atoms. The number of hydrogen-bond donors (Lipinski definition) is 0. The molecule has 0 N–H and O–H groups in total. The van der Waals surface area contributed by atoms with Crippen molar-refractivity contribution >= 4 is 57.3 Å². The average molecular weight is 570 g/mol. The van der Waals surface area contributed by atoms with Gasteiger partial charge in [0.2, 0.25) is 0 Å². The molecular weight excluding hydrogens is 529 g/mol. The van der Waals surface area contributed by atoms with Gasteiger partial charge in [-0.25, -0.2) is 4.98 Å². The summed E-state index contributed by atoms with van der Waals surface area (Å²) in [5.41, 5.74) is 6.23. The van der Waals surface area contributed by atoms with E-state index in [1.54, 1.807) is 0 Å². The molecule has 5 heteroatoms. The van der Waals surface area contributed by atoms with Crippen molar-refractivity contribution in [3.8, 4) is 5.82 Å². The molecule has 1 aliphatic rings. The first-order chi connectivity index (χ1) is 21.3. The Morgan fingerprint density at radius 3 is 2.29 bits per heavy atom. The minimum Gasteiger partial charge on any atom is -0.355 e. The molecule has 210 valence electrons. The van der Waals surface area contributed by atoms with Gasteiger partial charge in [0.05, 0.1) is 29.1 Å². The highest BCUT2D eigenvalue weighted by atomic mass is 28.3. The van der Waals surface area contributed by atoms with E-state index in [9.17, 15) is 0 Å². The maximum Gasteiger partial charge on any atom is 0.137 e. The molecule has 2 aromatic heterocycles. The van der Waals surface area contributed by atoms with Crippen LogP contribution in [0.1, 0.15) is 30.4 Å². The second kappa shape index (κ2) is 9.60. The number of nitrogens with zero attached hydrogens (tertiary/aromatic N) is 4. The Morgan fingerprint density at radius 1 is 0.738 bits per heavy atom. The van der Waals surface area contributed by atoms with Gasteiger partial charge in [-0.2, -0.15) is 0 Å². The van der Waals surface area contributed by atoms with Crippen LogP contribution in [-0.2, 0) is 5.41 Å². The highest BCUT2D eigenvalue weighted by Crippen LogP contribution is 2.39. The fraction of sp³-hybridized carbons (Fsp3) is 0.216. The van der Waals surface area contributed by atoms with Crippen LogP contribution < -0.4 is 20.2 Å². The van der Waals surface area contributed by atoms with E-state index >= 15 is 0 Å². The Bertz CT molecular complexity index is 2070. The van der Waals surface area contributed by atoms with E-state index in [4.69, 9.17) is 9.10 Å². The molecule has 0 amide bonds. The summed E-state index contributed by atoms with van der Waals surface area (Å²) >= 11 is 0. The standard InChI is InChI=1S/C37H38N4Si/c1-37(2,3)26-20-21-38-36(22-26)41-32-15-8-7-14-30(32)31-19-18-29(24-35(31)41)42(5,6)28-13-11-12-27(23-28)40-25-39(4)33-16-9-10-17-34(33)40/h7-24H,25H2,1-6H3/i4D3. The first-order valence-electron chi connectivity index (χ1n) is 16.1. The molecule has 0 spiro atoms. The molecule has 42 heavy (non-hydrogen) atoms. The molecule has 0 radical (unpaired) electrons. The Morgan fingerprint density at radius 2 is 1.48 bits per heavy atom. The van der Waals surface area contributed by atoms with E-state index in [2.05, 4.69) is 122 Å². The topological polar surface area (TPSA) is 24.3 Å². The van der Waals surface area contributed by atoms with E-state index < -0.39 is 15.0 Å². The lowest BCUT2D eigenvalue weighted by atomic mass is 9.88. The highest BCUT2D eigenvalue weighted by molar-refractivity contribution is 7.00. The summed E-state index contributed by atoms with van der Waals surface area (Å²) in [7, 11) is -2.20. The van der Waals surface area contributed by atoms with Gasteiger partial charge in [-0.15, -0.1) is 0 Å². The largest absolute Gasteiger partial charge is 0.355 e. The van der Waals surface area contributed by atoms with E-state index in [-0.39, 0.29) is 12.1 Å². The molecule has 0 saturated carbocycles. The van der Waals surface area contributed by atoms with Gasteiger partial charge < -0.3 is 9.80 Å². The molecule has 6 aromatic rings. The Hall–Kier alpha value is -4.35. The summed E-state index contributed by atoms with van der Waals surface area (Å²) in [6, 6.07) is 36.3. The molecule has 0 saturated heterocycles. The van der Waals surface area contributed by atoms with Crippen LogP contribution in [0.5, 0.6) is 0 Å². The van der Waals surface area contributed by atoms with Crippen LogP contribution in [-0.4, -0.2) is 31.3 Å². The molecule has 0 aliphatic carbocycles. The summed E-state index contributed by atoms with van der Waals surface area (Å²) in [5, 5.41) is 5.05. The van der Waals surface area contributed by atoms with Gasteiger partial charge in [-0.3, -0.25) is 4.57 Å². The zero-order chi connectivity index (χ0) is 31.7. The van der Waals surface area contributed by atoms with Crippen LogP contribution in [0.15, 0.2) is 109 Å². The molecule has 1 aliphatic heterocycles. The zero-order valence-corrected chi connectivity index (χ0v) is 25.9. The van der Waals surface area contributed by atoms with Crippen LogP contribution in [0.25, 0.3) is 27.6 Å². The van der Waals surface area contributed by atoms with Crippen molar-refractivity contribution in [2.45, 2.75) is 39.3 Å². The van der Waals surface area contributed by atoms with Gasteiger partial charge in [0.25, 0.3) is 0 Å². The monoisotopic (exact) mass is 569 g/mol. The van der Waals surface area contributed by atoms with Gasteiger partial charge in [-0.1, -0.05) is 98.8 Å². The number of hydrogen-bond acceptors (Lipinski definition) is 3. The van der Waals surface area contributed by atoms with Crippen molar-refractivity contribution in [2.75, 3.05) is 23.4 Å². The lowest BCUT2D eigenvalue weighted by molar-refractivity contribution is 0.588. The number of rotatable bonds is 4. The fourth-order valence-electron chi connectivity index (χ4n) is 6.28. The zero-order valence-electron chi connectivity index (χ0n) is 27.9. The van der Waals surface area contributed by atoms with Crippen molar-refractivity contribution in [3.63, 3.8) is 0 Å². The predicted molar refractivity (Wildman–Crippen MR) is 182 cm³/mol. The number of anilines is 3. The molecule has 3 heterocycles. The van der Waals surface area contributed by atoms with Crippen molar-refractivity contribution in [3.05, 3.63) is 115 Å². The third-order valence-corrected chi connectivity index (χ3v) is 12.4.